The van der Waals surface area contributed by atoms with Crippen molar-refractivity contribution >= 4 is 5.97 Å². The molecule has 0 spiro atoms. The Morgan fingerprint density at radius 2 is 2.15 bits per heavy atom. The molecule has 2 saturated carbocycles. The van der Waals surface area contributed by atoms with Crippen LogP contribution < -0.4 is 0 Å². The Morgan fingerprint density at radius 1 is 1.46 bits per heavy atom. The molecule has 74 valence electrons. The fourth-order valence-electron chi connectivity index (χ4n) is 2.99. The summed E-state index contributed by atoms with van der Waals surface area (Å²) in [5, 5.41) is 9.18. The zero-order valence-corrected chi connectivity index (χ0v) is 7.90. The van der Waals surface area contributed by atoms with E-state index in [-0.39, 0.29) is 24.6 Å². The molecule has 3 heteroatoms. The molecule has 0 radical (unpaired) electrons. The van der Waals surface area contributed by atoms with Gasteiger partial charge in [-0.3, -0.25) is 4.79 Å². The molecule has 2 bridgehead atoms. The Labute approximate surface area is 78.1 Å². The highest BCUT2D eigenvalue weighted by Crippen LogP contribution is 2.49. The predicted octanol–water partition coefficient (Wildman–Crippen LogP) is 0.956. The molecule has 0 aromatic rings. The Kier molecular flexibility index (Phi) is 2.28. The van der Waals surface area contributed by atoms with E-state index in [2.05, 4.69) is 0 Å². The first kappa shape index (κ1) is 9.00. The Balaban J connectivity index is 2.04. The lowest BCUT2D eigenvalue weighted by molar-refractivity contribution is -0.152. The number of carbonyl (C=O) groups is 1. The van der Waals surface area contributed by atoms with Crippen LogP contribution in [0.1, 0.15) is 26.2 Å². The van der Waals surface area contributed by atoms with Crippen molar-refractivity contribution in [3.63, 3.8) is 0 Å². The molecule has 0 heterocycles. The van der Waals surface area contributed by atoms with Gasteiger partial charge < -0.3 is 9.84 Å². The average molecular weight is 184 g/mol. The second kappa shape index (κ2) is 3.29. The summed E-state index contributed by atoms with van der Waals surface area (Å²) in [4.78, 5) is 10.8. The number of aliphatic hydroxyl groups excluding tert-OH is 1. The van der Waals surface area contributed by atoms with Crippen LogP contribution in [0.4, 0.5) is 0 Å². The monoisotopic (exact) mass is 184 g/mol. The number of hydrogen-bond donors (Lipinski definition) is 1. The number of esters is 1. The number of carbonyl (C=O) groups excluding carboxylic acids is 1. The average Bonchev–Trinajstić information content (AvgIpc) is 2.62. The molecule has 13 heavy (non-hydrogen) atoms. The first-order valence-corrected chi connectivity index (χ1v) is 5.00. The van der Waals surface area contributed by atoms with Crippen molar-refractivity contribution in [3.8, 4) is 0 Å². The van der Waals surface area contributed by atoms with E-state index >= 15 is 0 Å². The lowest BCUT2D eigenvalue weighted by Gasteiger charge is -2.28. The molecule has 0 aliphatic heterocycles. The molecule has 3 nitrogen and oxygen atoms in total. The maximum Gasteiger partial charge on any atom is 0.302 e. The lowest BCUT2D eigenvalue weighted by Crippen LogP contribution is -2.33. The van der Waals surface area contributed by atoms with Crippen molar-refractivity contribution in [2.24, 2.45) is 17.8 Å². The molecule has 4 atom stereocenters. The van der Waals surface area contributed by atoms with Gasteiger partial charge in [-0.1, -0.05) is 0 Å². The van der Waals surface area contributed by atoms with Gasteiger partial charge in [0.2, 0.25) is 0 Å². The minimum absolute atomic E-state index is 0.00116. The Hall–Kier alpha value is -0.570. The second-order valence-electron chi connectivity index (χ2n) is 4.25. The fraction of sp³-hybridized carbons (Fsp3) is 0.900. The maximum absolute atomic E-state index is 10.8. The van der Waals surface area contributed by atoms with E-state index in [1.54, 1.807) is 0 Å². The summed E-state index contributed by atoms with van der Waals surface area (Å²) in [6.45, 7) is 1.61. The van der Waals surface area contributed by atoms with Crippen LogP contribution in [0.3, 0.4) is 0 Å². The third kappa shape index (κ3) is 1.46. The molecule has 2 aliphatic carbocycles. The number of ether oxygens (including phenoxy) is 1. The lowest BCUT2D eigenvalue weighted by atomic mass is 9.87. The van der Waals surface area contributed by atoms with Crippen LogP contribution in [0.5, 0.6) is 0 Å². The van der Waals surface area contributed by atoms with E-state index in [1.165, 1.54) is 19.8 Å². The van der Waals surface area contributed by atoms with Crippen LogP contribution in [0, 0.1) is 17.8 Å². The molecular formula is C10H16O3. The summed E-state index contributed by atoms with van der Waals surface area (Å²) in [5.41, 5.74) is 0. The van der Waals surface area contributed by atoms with Gasteiger partial charge in [0.05, 0.1) is 0 Å². The van der Waals surface area contributed by atoms with Crippen LogP contribution >= 0.6 is 0 Å². The Bertz CT molecular complexity index is 214. The van der Waals surface area contributed by atoms with E-state index in [0.29, 0.717) is 11.8 Å². The molecule has 2 aliphatic rings. The highest BCUT2D eigenvalue weighted by molar-refractivity contribution is 5.66. The molecule has 0 aromatic heterocycles. The van der Waals surface area contributed by atoms with Gasteiger partial charge in [0.25, 0.3) is 0 Å². The van der Waals surface area contributed by atoms with Gasteiger partial charge >= 0.3 is 5.97 Å². The first-order valence-electron chi connectivity index (χ1n) is 5.00. The van der Waals surface area contributed by atoms with Crippen LogP contribution in [-0.2, 0) is 9.53 Å². The topological polar surface area (TPSA) is 46.5 Å². The quantitative estimate of drug-likeness (QED) is 0.650. The van der Waals surface area contributed by atoms with E-state index in [4.69, 9.17) is 4.74 Å². The number of aliphatic hydroxyl groups is 1. The van der Waals surface area contributed by atoms with Crippen molar-refractivity contribution in [2.45, 2.75) is 32.3 Å². The summed E-state index contributed by atoms with van der Waals surface area (Å²) in [7, 11) is 0. The SMILES string of the molecule is CC(=O)O[C@@H]1[C@H]2CC[C@H](C2)[C@H]1CO. The number of hydrogen-bond acceptors (Lipinski definition) is 3. The van der Waals surface area contributed by atoms with E-state index in [0.717, 1.165) is 6.42 Å². The molecule has 2 fully saturated rings. The molecule has 0 aromatic carbocycles. The third-order valence-electron chi connectivity index (χ3n) is 3.52. The number of fused-ring (bicyclic) bond motifs is 2. The van der Waals surface area contributed by atoms with Crippen LogP contribution in [-0.4, -0.2) is 23.8 Å². The molecule has 2 rings (SSSR count). The van der Waals surface area contributed by atoms with Crippen LogP contribution in [0.15, 0.2) is 0 Å². The van der Waals surface area contributed by atoms with Crippen molar-refractivity contribution in [2.75, 3.05) is 6.61 Å². The summed E-state index contributed by atoms with van der Waals surface area (Å²) >= 11 is 0. The van der Waals surface area contributed by atoms with Gasteiger partial charge in [-0.05, 0) is 31.1 Å². The minimum Gasteiger partial charge on any atom is -0.462 e. The zero-order chi connectivity index (χ0) is 9.42. The molecule has 1 N–H and O–H groups in total. The zero-order valence-electron chi connectivity index (χ0n) is 7.90. The summed E-state index contributed by atoms with van der Waals surface area (Å²) in [6, 6.07) is 0. The van der Waals surface area contributed by atoms with Crippen molar-refractivity contribution in [1.82, 2.24) is 0 Å². The van der Waals surface area contributed by atoms with Crippen molar-refractivity contribution in [3.05, 3.63) is 0 Å². The summed E-state index contributed by atoms with van der Waals surface area (Å²) in [5.74, 6) is 1.11. The van der Waals surface area contributed by atoms with Crippen molar-refractivity contribution in [1.29, 1.82) is 0 Å². The van der Waals surface area contributed by atoms with Gasteiger partial charge in [-0.25, -0.2) is 0 Å². The smallest absolute Gasteiger partial charge is 0.302 e. The van der Waals surface area contributed by atoms with Gasteiger partial charge in [-0.15, -0.1) is 0 Å². The summed E-state index contributed by atoms with van der Waals surface area (Å²) in [6.07, 6.45) is 3.51. The highest BCUT2D eigenvalue weighted by atomic mass is 16.5. The second-order valence-corrected chi connectivity index (χ2v) is 4.25. The van der Waals surface area contributed by atoms with E-state index in [1.807, 2.05) is 0 Å². The van der Waals surface area contributed by atoms with Gasteiger partial charge in [0.1, 0.15) is 6.10 Å². The molecule has 0 saturated heterocycles. The van der Waals surface area contributed by atoms with Crippen LogP contribution in [0.2, 0.25) is 0 Å². The Morgan fingerprint density at radius 3 is 2.77 bits per heavy atom. The number of rotatable bonds is 2. The molecule has 0 unspecified atom stereocenters. The largest absolute Gasteiger partial charge is 0.462 e. The standard InChI is InChI=1S/C10H16O3/c1-6(12)13-10-8-3-2-7(4-8)9(10)5-11/h7-11H,2-5H2,1H3/t7-,8+,9-,10-/m1/s1. The van der Waals surface area contributed by atoms with Gasteiger partial charge in [0, 0.05) is 19.4 Å². The van der Waals surface area contributed by atoms with Crippen molar-refractivity contribution < 1.29 is 14.6 Å². The normalized spacial score (nSPS) is 42.3. The maximum atomic E-state index is 10.8. The van der Waals surface area contributed by atoms with Gasteiger partial charge in [0.15, 0.2) is 0 Å². The van der Waals surface area contributed by atoms with E-state index in [9.17, 15) is 9.90 Å². The fourth-order valence-corrected chi connectivity index (χ4v) is 2.99. The molecule has 0 amide bonds. The third-order valence-corrected chi connectivity index (χ3v) is 3.52. The summed E-state index contributed by atoms with van der Waals surface area (Å²) < 4.78 is 5.25. The predicted molar refractivity (Wildman–Crippen MR) is 47.0 cm³/mol. The van der Waals surface area contributed by atoms with E-state index < -0.39 is 0 Å². The highest BCUT2D eigenvalue weighted by Gasteiger charge is 2.48. The first-order chi connectivity index (χ1) is 6.22. The van der Waals surface area contributed by atoms with Crippen LogP contribution in [0.25, 0.3) is 0 Å². The van der Waals surface area contributed by atoms with Gasteiger partial charge in [-0.2, -0.15) is 0 Å². The minimum atomic E-state index is -0.212. The molecular weight excluding hydrogens is 168 g/mol.